The Morgan fingerprint density at radius 1 is 1.27 bits per heavy atom. The first-order valence-electron chi connectivity index (χ1n) is 6.72. The lowest BCUT2D eigenvalue weighted by atomic mass is 10.2. The molecule has 2 heterocycles. The fourth-order valence-electron chi connectivity index (χ4n) is 2.02. The normalized spacial score (nSPS) is 10.7. The zero-order valence-electron chi connectivity index (χ0n) is 12.5. The number of fused-ring (bicyclic) bond motifs is 1. The first-order valence-corrected chi connectivity index (χ1v) is 6.72. The van der Waals surface area contributed by atoms with Crippen LogP contribution in [0.3, 0.4) is 0 Å². The summed E-state index contributed by atoms with van der Waals surface area (Å²) in [6, 6.07) is 7.08. The Balaban J connectivity index is 1.88. The van der Waals surface area contributed by atoms with Crippen LogP contribution < -0.4 is 4.74 Å². The van der Waals surface area contributed by atoms with Gasteiger partial charge in [-0.05, 0) is 25.1 Å². The van der Waals surface area contributed by atoms with Crippen LogP contribution in [0.1, 0.15) is 16.2 Å². The van der Waals surface area contributed by atoms with Crippen molar-refractivity contribution >= 4 is 17.1 Å². The molecule has 0 atom stereocenters. The van der Waals surface area contributed by atoms with Gasteiger partial charge >= 0.3 is 6.01 Å². The second-order valence-electron chi connectivity index (χ2n) is 5.04. The average molecular weight is 297 g/mol. The molecule has 0 spiro atoms. The molecule has 0 saturated carbocycles. The number of benzene rings is 1. The number of carbonyl (C=O) groups is 1. The monoisotopic (exact) mass is 297 g/mol. The van der Waals surface area contributed by atoms with Crippen LogP contribution in [-0.2, 0) is 0 Å². The Bertz CT molecular complexity index is 841. The molecule has 3 rings (SSSR count). The maximum absolute atomic E-state index is 12.0. The molecule has 0 unspecified atom stereocenters. The molecule has 0 saturated heterocycles. The average Bonchev–Trinajstić information content (AvgIpc) is 2.86. The molecular formula is C15H15N5O2. The van der Waals surface area contributed by atoms with E-state index >= 15 is 0 Å². The van der Waals surface area contributed by atoms with E-state index in [4.69, 9.17) is 4.74 Å². The van der Waals surface area contributed by atoms with E-state index in [2.05, 4.69) is 19.9 Å². The standard InChI is InChI=1S/C15H15N5O2/c1-9-17-12-8-16-15(19-13(12)18-9)22-11-6-4-5-10(7-11)14(21)20(2)3/h4-8H,1-3H3,(H,16,17,18,19). The molecule has 7 heteroatoms. The van der Waals surface area contributed by atoms with Gasteiger partial charge in [-0.1, -0.05) is 6.07 Å². The minimum Gasteiger partial charge on any atom is -0.424 e. The molecule has 0 fully saturated rings. The SMILES string of the molecule is Cc1nc2nc(Oc3cccc(C(=O)N(C)C)c3)ncc2[nH]1. The van der Waals surface area contributed by atoms with E-state index in [1.165, 1.54) is 4.90 Å². The minimum atomic E-state index is -0.0928. The van der Waals surface area contributed by atoms with Crippen LogP contribution in [0.25, 0.3) is 11.2 Å². The minimum absolute atomic E-state index is 0.0928. The number of hydrogen-bond acceptors (Lipinski definition) is 5. The maximum Gasteiger partial charge on any atom is 0.324 e. The Morgan fingerprint density at radius 2 is 2.09 bits per heavy atom. The van der Waals surface area contributed by atoms with Crippen molar-refractivity contribution in [3.63, 3.8) is 0 Å². The first kappa shape index (κ1) is 14.0. The molecule has 3 aromatic rings. The number of rotatable bonds is 3. The molecule has 112 valence electrons. The molecular weight excluding hydrogens is 282 g/mol. The fraction of sp³-hybridized carbons (Fsp3) is 0.200. The number of nitrogens with one attached hydrogen (secondary N) is 1. The highest BCUT2D eigenvalue weighted by atomic mass is 16.5. The number of imidazole rings is 1. The summed E-state index contributed by atoms with van der Waals surface area (Å²) in [6.07, 6.45) is 1.62. The van der Waals surface area contributed by atoms with Gasteiger partial charge in [0, 0.05) is 19.7 Å². The van der Waals surface area contributed by atoms with Gasteiger partial charge in [0.25, 0.3) is 5.91 Å². The van der Waals surface area contributed by atoms with Crippen LogP contribution in [0.4, 0.5) is 0 Å². The molecule has 1 amide bonds. The Labute approximate surface area is 127 Å². The maximum atomic E-state index is 12.0. The molecule has 1 aromatic carbocycles. The summed E-state index contributed by atoms with van der Waals surface area (Å²) in [5.41, 5.74) is 1.84. The number of amides is 1. The fourth-order valence-corrected chi connectivity index (χ4v) is 2.02. The van der Waals surface area contributed by atoms with Gasteiger partial charge in [0.1, 0.15) is 17.1 Å². The van der Waals surface area contributed by atoms with Crippen molar-refractivity contribution in [2.24, 2.45) is 0 Å². The zero-order chi connectivity index (χ0) is 15.7. The van der Waals surface area contributed by atoms with Gasteiger partial charge in [0.15, 0.2) is 5.65 Å². The molecule has 0 radical (unpaired) electrons. The summed E-state index contributed by atoms with van der Waals surface area (Å²) in [5.74, 6) is 1.17. The van der Waals surface area contributed by atoms with Crippen molar-refractivity contribution in [1.29, 1.82) is 0 Å². The van der Waals surface area contributed by atoms with Crippen molar-refractivity contribution in [2.75, 3.05) is 14.1 Å². The number of carbonyl (C=O) groups excluding carboxylic acids is 1. The molecule has 0 aliphatic heterocycles. The predicted octanol–water partition coefficient (Wildman–Crippen LogP) is 2.16. The summed E-state index contributed by atoms with van der Waals surface area (Å²) >= 11 is 0. The number of aromatic amines is 1. The quantitative estimate of drug-likeness (QED) is 0.800. The number of aromatic nitrogens is 4. The topological polar surface area (TPSA) is 84.0 Å². The Morgan fingerprint density at radius 3 is 2.86 bits per heavy atom. The lowest BCUT2D eigenvalue weighted by Gasteiger charge is -2.11. The van der Waals surface area contributed by atoms with Crippen LogP contribution >= 0.6 is 0 Å². The second kappa shape index (κ2) is 5.44. The number of ether oxygens (including phenoxy) is 1. The van der Waals surface area contributed by atoms with Gasteiger partial charge in [-0.3, -0.25) is 4.79 Å². The smallest absolute Gasteiger partial charge is 0.324 e. The number of nitrogens with zero attached hydrogens (tertiary/aromatic N) is 4. The Kier molecular flexibility index (Phi) is 3.46. The summed E-state index contributed by atoms with van der Waals surface area (Å²) in [5, 5.41) is 0. The van der Waals surface area contributed by atoms with Crippen LogP contribution in [-0.4, -0.2) is 44.8 Å². The van der Waals surface area contributed by atoms with Gasteiger partial charge in [-0.15, -0.1) is 0 Å². The van der Waals surface area contributed by atoms with E-state index in [1.807, 2.05) is 6.92 Å². The largest absolute Gasteiger partial charge is 0.424 e. The van der Waals surface area contributed by atoms with Gasteiger partial charge in [0.2, 0.25) is 0 Å². The molecule has 0 bridgehead atoms. The van der Waals surface area contributed by atoms with Gasteiger partial charge in [-0.25, -0.2) is 9.97 Å². The van der Waals surface area contributed by atoms with Crippen molar-refractivity contribution in [3.8, 4) is 11.8 Å². The molecule has 0 aliphatic carbocycles. The lowest BCUT2D eigenvalue weighted by Crippen LogP contribution is -2.21. The van der Waals surface area contributed by atoms with E-state index in [-0.39, 0.29) is 11.9 Å². The third-order valence-electron chi connectivity index (χ3n) is 3.03. The second-order valence-corrected chi connectivity index (χ2v) is 5.04. The highest BCUT2D eigenvalue weighted by molar-refractivity contribution is 5.94. The molecule has 1 N–H and O–H groups in total. The van der Waals surface area contributed by atoms with Gasteiger partial charge in [0.05, 0.1) is 6.20 Å². The summed E-state index contributed by atoms with van der Waals surface area (Å²) in [6.45, 7) is 1.85. The van der Waals surface area contributed by atoms with Crippen molar-refractivity contribution < 1.29 is 9.53 Å². The van der Waals surface area contributed by atoms with Crippen LogP contribution in [0.2, 0.25) is 0 Å². The lowest BCUT2D eigenvalue weighted by molar-refractivity contribution is 0.0827. The van der Waals surface area contributed by atoms with Crippen molar-refractivity contribution in [3.05, 3.63) is 41.9 Å². The molecule has 0 aliphatic rings. The van der Waals surface area contributed by atoms with Gasteiger partial charge in [-0.2, -0.15) is 4.98 Å². The highest BCUT2D eigenvalue weighted by Gasteiger charge is 2.10. The third kappa shape index (κ3) is 2.73. The van der Waals surface area contributed by atoms with Gasteiger partial charge < -0.3 is 14.6 Å². The summed E-state index contributed by atoms with van der Waals surface area (Å²) in [4.78, 5) is 29.1. The van der Waals surface area contributed by atoms with E-state index in [0.717, 1.165) is 11.3 Å². The number of aryl methyl sites for hydroxylation is 1. The van der Waals surface area contributed by atoms with E-state index < -0.39 is 0 Å². The Hall–Kier alpha value is -2.96. The van der Waals surface area contributed by atoms with E-state index in [1.54, 1.807) is 44.6 Å². The predicted molar refractivity (Wildman–Crippen MR) is 81.0 cm³/mol. The van der Waals surface area contributed by atoms with Crippen LogP contribution in [0.15, 0.2) is 30.5 Å². The molecule has 2 aromatic heterocycles. The third-order valence-corrected chi connectivity index (χ3v) is 3.03. The highest BCUT2D eigenvalue weighted by Crippen LogP contribution is 2.21. The first-order chi connectivity index (χ1) is 10.5. The number of H-pyrrole nitrogens is 1. The van der Waals surface area contributed by atoms with Crippen LogP contribution in [0, 0.1) is 6.92 Å². The van der Waals surface area contributed by atoms with E-state index in [9.17, 15) is 4.79 Å². The van der Waals surface area contributed by atoms with E-state index in [0.29, 0.717) is 17.0 Å². The molecule has 7 nitrogen and oxygen atoms in total. The zero-order valence-corrected chi connectivity index (χ0v) is 12.5. The summed E-state index contributed by atoms with van der Waals surface area (Å²) < 4.78 is 5.62. The summed E-state index contributed by atoms with van der Waals surface area (Å²) in [7, 11) is 3.40. The molecule has 22 heavy (non-hydrogen) atoms. The van der Waals surface area contributed by atoms with Crippen molar-refractivity contribution in [2.45, 2.75) is 6.92 Å². The number of hydrogen-bond donors (Lipinski definition) is 1. The van der Waals surface area contributed by atoms with Crippen molar-refractivity contribution in [1.82, 2.24) is 24.8 Å². The van der Waals surface area contributed by atoms with Crippen LogP contribution in [0.5, 0.6) is 11.8 Å².